The van der Waals surface area contributed by atoms with Gasteiger partial charge in [0.15, 0.2) is 0 Å². The SMILES string of the molecule is CCC(O)CN(CCC(=O)O)C1CC1. The molecule has 1 saturated carbocycles. The molecule has 4 heteroatoms. The largest absolute Gasteiger partial charge is 0.481 e. The van der Waals surface area contributed by atoms with E-state index in [1.54, 1.807) is 0 Å². The Hall–Kier alpha value is -0.610. The molecule has 0 heterocycles. The number of carbonyl (C=O) groups is 1. The molecule has 0 aromatic heterocycles. The van der Waals surface area contributed by atoms with Crippen molar-refractivity contribution >= 4 is 5.97 Å². The maximum atomic E-state index is 10.4. The molecule has 0 spiro atoms. The van der Waals surface area contributed by atoms with E-state index in [0.717, 1.165) is 19.3 Å². The van der Waals surface area contributed by atoms with Crippen molar-refractivity contribution in [3.8, 4) is 0 Å². The predicted molar refractivity (Wildman–Crippen MR) is 53.1 cm³/mol. The van der Waals surface area contributed by atoms with Gasteiger partial charge in [-0.15, -0.1) is 0 Å². The molecule has 0 aliphatic heterocycles. The van der Waals surface area contributed by atoms with Crippen LogP contribution in [0.3, 0.4) is 0 Å². The fourth-order valence-corrected chi connectivity index (χ4v) is 1.50. The number of carboxylic acids is 1. The first kappa shape index (κ1) is 11.5. The summed E-state index contributed by atoms with van der Waals surface area (Å²) in [6, 6.07) is 0.524. The Labute approximate surface area is 84.5 Å². The first-order valence-corrected chi connectivity index (χ1v) is 5.27. The maximum absolute atomic E-state index is 10.4. The zero-order valence-electron chi connectivity index (χ0n) is 8.65. The molecule has 1 atom stereocenters. The Morgan fingerprint density at radius 1 is 1.57 bits per heavy atom. The van der Waals surface area contributed by atoms with Crippen LogP contribution in [0.25, 0.3) is 0 Å². The van der Waals surface area contributed by atoms with E-state index in [-0.39, 0.29) is 12.5 Å². The molecule has 0 bridgehead atoms. The fourth-order valence-electron chi connectivity index (χ4n) is 1.50. The first-order valence-electron chi connectivity index (χ1n) is 5.27. The van der Waals surface area contributed by atoms with Crippen molar-refractivity contribution in [3.63, 3.8) is 0 Å². The van der Waals surface area contributed by atoms with Crippen LogP contribution in [0.5, 0.6) is 0 Å². The molecule has 0 saturated heterocycles. The number of nitrogens with zero attached hydrogens (tertiary/aromatic N) is 1. The molecule has 1 rings (SSSR count). The number of carboxylic acid groups (broad SMARTS) is 1. The van der Waals surface area contributed by atoms with E-state index in [1.807, 2.05) is 6.92 Å². The highest BCUT2D eigenvalue weighted by Crippen LogP contribution is 2.27. The fraction of sp³-hybridized carbons (Fsp3) is 0.900. The molecule has 1 aliphatic carbocycles. The summed E-state index contributed by atoms with van der Waals surface area (Å²) >= 11 is 0. The Morgan fingerprint density at radius 2 is 2.21 bits per heavy atom. The predicted octanol–water partition coefficient (Wildman–Crippen LogP) is 0.696. The maximum Gasteiger partial charge on any atom is 0.304 e. The highest BCUT2D eigenvalue weighted by molar-refractivity contribution is 5.66. The van der Waals surface area contributed by atoms with Crippen molar-refractivity contribution in [2.24, 2.45) is 0 Å². The topological polar surface area (TPSA) is 60.8 Å². The average Bonchev–Trinajstić information content (AvgIpc) is 2.94. The Morgan fingerprint density at radius 3 is 2.64 bits per heavy atom. The van der Waals surface area contributed by atoms with E-state index < -0.39 is 5.97 Å². The molecular weight excluding hydrogens is 182 g/mol. The molecule has 82 valence electrons. The number of hydrogen-bond donors (Lipinski definition) is 2. The van der Waals surface area contributed by atoms with Gasteiger partial charge >= 0.3 is 5.97 Å². The summed E-state index contributed by atoms with van der Waals surface area (Å²) in [5.41, 5.74) is 0. The normalized spacial score (nSPS) is 18.5. The van der Waals surface area contributed by atoms with Crippen LogP contribution in [0.2, 0.25) is 0 Å². The van der Waals surface area contributed by atoms with Crippen LogP contribution < -0.4 is 0 Å². The molecule has 0 radical (unpaired) electrons. The van der Waals surface area contributed by atoms with Crippen LogP contribution in [0, 0.1) is 0 Å². The van der Waals surface area contributed by atoms with Crippen LogP contribution in [0.1, 0.15) is 32.6 Å². The van der Waals surface area contributed by atoms with Gasteiger partial charge in [-0.2, -0.15) is 0 Å². The number of aliphatic carboxylic acids is 1. The van der Waals surface area contributed by atoms with Gasteiger partial charge in [0.05, 0.1) is 12.5 Å². The number of rotatable bonds is 7. The number of aliphatic hydroxyl groups excluding tert-OH is 1. The van der Waals surface area contributed by atoms with Crippen molar-refractivity contribution in [3.05, 3.63) is 0 Å². The summed E-state index contributed by atoms with van der Waals surface area (Å²) in [4.78, 5) is 12.5. The van der Waals surface area contributed by atoms with Gasteiger partial charge in [-0.25, -0.2) is 0 Å². The third-order valence-corrected chi connectivity index (χ3v) is 2.59. The van der Waals surface area contributed by atoms with Gasteiger partial charge in [0, 0.05) is 19.1 Å². The minimum absolute atomic E-state index is 0.174. The first-order chi connectivity index (χ1) is 6.63. The van der Waals surface area contributed by atoms with Gasteiger partial charge in [-0.3, -0.25) is 9.69 Å². The second-order valence-electron chi connectivity index (χ2n) is 3.93. The molecule has 0 aromatic rings. The second-order valence-corrected chi connectivity index (χ2v) is 3.93. The van der Waals surface area contributed by atoms with Gasteiger partial charge in [0.1, 0.15) is 0 Å². The summed E-state index contributed by atoms with van der Waals surface area (Å²) in [5.74, 6) is -0.762. The standard InChI is InChI=1S/C10H19NO3/c1-2-9(12)7-11(8-3-4-8)6-5-10(13)14/h8-9,12H,2-7H2,1H3,(H,13,14). The second kappa shape index (κ2) is 5.32. The van der Waals surface area contributed by atoms with Crippen molar-refractivity contribution < 1.29 is 15.0 Å². The molecule has 0 aromatic carbocycles. The molecule has 1 aliphatic rings. The van der Waals surface area contributed by atoms with Crippen LogP contribution in [-0.2, 0) is 4.79 Å². The van der Waals surface area contributed by atoms with E-state index in [0.29, 0.717) is 19.1 Å². The molecule has 0 amide bonds. The highest BCUT2D eigenvalue weighted by Gasteiger charge is 2.29. The van der Waals surface area contributed by atoms with Crippen molar-refractivity contribution in [2.45, 2.75) is 44.8 Å². The van der Waals surface area contributed by atoms with E-state index >= 15 is 0 Å². The van der Waals surface area contributed by atoms with E-state index in [2.05, 4.69) is 4.90 Å². The van der Waals surface area contributed by atoms with Gasteiger partial charge in [-0.1, -0.05) is 6.92 Å². The monoisotopic (exact) mass is 201 g/mol. The smallest absolute Gasteiger partial charge is 0.304 e. The minimum Gasteiger partial charge on any atom is -0.481 e. The average molecular weight is 201 g/mol. The van der Waals surface area contributed by atoms with Gasteiger partial charge in [0.25, 0.3) is 0 Å². The molecule has 1 unspecified atom stereocenters. The zero-order chi connectivity index (χ0) is 10.6. The lowest BCUT2D eigenvalue weighted by molar-refractivity contribution is -0.137. The van der Waals surface area contributed by atoms with E-state index in [4.69, 9.17) is 5.11 Å². The Kier molecular flexibility index (Phi) is 4.35. The molecule has 14 heavy (non-hydrogen) atoms. The van der Waals surface area contributed by atoms with Crippen molar-refractivity contribution in [1.82, 2.24) is 4.90 Å². The van der Waals surface area contributed by atoms with Crippen molar-refractivity contribution in [1.29, 1.82) is 0 Å². The summed E-state index contributed by atoms with van der Waals surface area (Å²) < 4.78 is 0. The molecule has 4 nitrogen and oxygen atoms in total. The summed E-state index contributed by atoms with van der Waals surface area (Å²) in [6.45, 7) is 3.12. The van der Waals surface area contributed by atoms with Crippen LogP contribution in [0.15, 0.2) is 0 Å². The molecular formula is C10H19NO3. The van der Waals surface area contributed by atoms with Crippen LogP contribution >= 0.6 is 0 Å². The summed E-state index contributed by atoms with van der Waals surface area (Å²) in [5, 5.41) is 18.0. The zero-order valence-corrected chi connectivity index (χ0v) is 8.65. The lowest BCUT2D eigenvalue weighted by Gasteiger charge is -2.23. The Bertz CT molecular complexity index is 192. The lowest BCUT2D eigenvalue weighted by atomic mass is 10.2. The highest BCUT2D eigenvalue weighted by atomic mass is 16.4. The third-order valence-electron chi connectivity index (χ3n) is 2.59. The van der Waals surface area contributed by atoms with E-state index in [9.17, 15) is 9.90 Å². The molecule has 2 N–H and O–H groups in total. The summed E-state index contributed by atoms with van der Waals surface area (Å²) in [7, 11) is 0. The summed E-state index contributed by atoms with van der Waals surface area (Å²) in [6.07, 6.45) is 2.89. The quantitative estimate of drug-likeness (QED) is 0.636. The minimum atomic E-state index is -0.762. The molecule has 1 fully saturated rings. The van der Waals surface area contributed by atoms with E-state index in [1.165, 1.54) is 0 Å². The van der Waals surface area contributed by atoms with Crippen molar-refractivity contribution in [2.75, 3.05) is 13.1 Å². The Balaban J connectivity index is 2.27. The number of hydrogen-bond acceptors (Lipinski definition) is 3. The third kappa shape index (κ3) is 4.07. The lowest BCUT2D eigenvalue weighted by Crippen LogP contribution is -2.35. The number of aliphatic hydroxyl groups is 1. The van der Waals surface area contributed by atoms with Gasteiger partial charge in [0.2, 0.25) is 0 Å². The van der Waals surface area contributed by atoms with Crippen LogP contribution in [0.4, 0.5) is 0 Å². The van der Waals surface area contributed by atoms with Gasteiger partial charge in [-0.05, 0) is 19.3 Å². The van der Waals surface area contributed by atoms with Gasteiger partial charge < -0.3 is 10.2 Å². The van der Waals surface area contributed by atoms with Crippen LogP contribution in [-0.4, -0.2) is 46.3 Å².